The summed E-state index contributed by atoms with van der Waals surface area (Å²) in [5, 5.41) is -0.368. The quantitative estimate of drug-likeness (QED) is 0.696. The molecule has 0 aromatic heterocycles. The molecule has 2 aromatic carbocycles. The largest absolute Gasteiger partial charge is 0.218 e. The van der Waals surface area contributed by atoms with E-state index in [4.69, 9.17) is 0 Å². The molecule has 3 rings (SSSR count). The molecule has 0 bridgehead atoms. The average molecular weight is 419 g/mol. The lowest BCUT2D eigenvalue weighted by Crippen LogP contribution is -2.34. The number of sulfonamides is 1. The van der Waals surface area contributed by atoms with Crippen LogP contribution in [0.15, 0.2) is 36.4 Å². The SMILES string of the molecule is O=S(=O)(Cc1cc(F)cc(F)c1)N1CCSC(c2cc(F)ccc2F)CC1. The Morgan fingerprint density at radius 3 is 2.37 bits per heavy atom. The Hall–Kier alpha value is -1.58. The van der Waals surface area contributed by atoms with E-state index in [2.05, 4.69) is 0 Å². The summed E-state index contributed by atoms with van der Waals surface area (Å²) in [4.78, 5) is 0. The molecule has 1 saturated heterocycles. The van der Waals surface area contributed by atoms with Crippen LogP contribution in [0, 0.1) is 23.3 Å². The molecular formula is C18H17F4NO2S2. The predicted molar refractivity (Wildman–Crippen MR) is 96.7 cm³/mol. The van der Waals surface area contributed by atoms with E-state index < -0.39 is 39.0 Å². The van der Waals surface area contributed by atoms with Crippen LogP contribution >= 0.6 is 11.8 Å². The summed E-state index contributed by atoms with van der Waals surface area (Å²) in [5.74, 6) is -2.88. The normalized spacial score (nSPS) is 19.0. The highest BCUT2D eigenvalue weighted by molar-refractivity contribution is 7.99. The summed E-state index contributed by atoms with van der Waals surface area (Å²) >= 11 is 1.36. The zero-order valence-electron chi connectivity index (χ0n) is 14.2. The van der Waals surface area contributed by atoms with Gasteiger partial charge in [-0.15, -0.1) is 0 Å². The number of hydrogen-bond acceptors (Lipinski definition) is 3. The third kappa shape index (κ3) is 5.03. The van der Waals surface area contributed by atoms with Gasteiger partial charge in [0.1, 0.15) is 23.3 Å². The molecule has 0 saturated carbocycles. The molecule has 2 aromatic rings. The van der Waals surface area contributed by atoms with Crippen LogP contribution in [0.2, 0.25) is 0 Å². The fourth-order valence-corrected chi connectivity index (χ4v) is 5.92. The molecule has 27 heavy (non-hydrogen) atoms. The van der Waals surface area contributed by atoms with Crippen molar-refractivity contribution < 1.29 is 26.0 Å². The van der Waals surface area contributed by atoms with Crippen LogP contribution < -0.4 is 0 Å². The van der Waals surface area contributed by atoms with Gasteiger partial charge in [0.05, 0.1) is 5.75 Å². The first-order chi connectivity index (χ1) is 12.7. The number of hydrogen-bond donors (Lipinski definition) is 0. The van der Waals surface area contributed by atoms with E-state index in [0.717, 1.165) is 30.3 Å². The van der Waals surface area contributed by atoms with Crippen LogP contribution in [-0.2, 0) is 15.8 Å². The molecule has 1 fully saturated rings. The molecule has 0 spiro atoms. The molecule has 1 aliphatic heterocycles. The van der Waals surface area contributed by atoms with Crippen LogP contribution in [0.5, 0.6) is 0 Å². The van der Waals surface area contributed by atoms with Crippen molar-refractivity contribution in [1.82, 2.24) is 4.31 Å². The fraction of sp³-hybridized carbons (Fsp3) is 0.333. The lowest BCUT2D eigenvalue weighted by molar-refractivity contribution is 0.426. The molecule has 1 atom stereocenters. The summed E-state index contributed by atoms with van der Waals surface area (Å²) in [6.45, 7) is 0.311. The minimum absolute atomic E-state index is 0.0251. The van der Waals surface area contributed by atoms with Crippen molar-refractivity contribution in [3.05, 3.63) is 70.8 Å². The maximum atomic E-state index is 14.0. The lowest BCUT2D eigenvalue weighted by atomic mass is 10.1. The van der Waals surface area contributed by atoms with E-state index in [0.29, 0.717) is 18.2 Å². The second-order valence-corrected chi connectivity index (χ2v) is 9.53. The van der Waals surface area contributed by atoms with Crippen molar-refractivity contribution in [3.8, 4) is 0 Å². The first kappa shape index (κ1) is 20.2. The van der Waals surface area contributed by atoms with Crippen LogP contribution in [0.1, 0.15) is 22.8 Å². The summed E-state index contributed by atoms with van der Waals surface area (Å²) in [6.07, 6.45) is 0.307. The predicted octanol–water partition coefficient (Wildman–Crippen LogP) is 4.25. The van der Waals surface area contributed by atoms with Crippen LogP contribution in [0.4, 0.5) is 17.6 Å². The average Bonchev–Trinajstić information content (AvgIpc) is 2.82. The molecule has 1 aliphatic rings. The number of rotatable bonds is 4. The van der Waals surface area contributed by atoms with Gasteiger partial charge >= 0.3 is 0 Å². The molecule has 0 N–H and O–H groups in total. The van der Waals surface area contributed by atoms with Gasteiger partial charge in [0.15, 0.2) is 0 Å². The summed E-state index contributed by atoms with van der Waals surface area (Å²) in [5.41, 5.74) is 0.239. The molecule has 0 aliphatic carbocycles. The van der Waals surface area contributed by atoms with E-state index in [1.165, 1.54) is 16.1 Å². The molecule has 1 heterocycles. The van der Waals surface area contributed by atoms with Gasteiger partial charge in [0.25, 0.3) is 0 Å². The highest BCUT2D eigenvalue weighted by Crippen LogP contribution is 2.36. The zero-order valence-corrected chi connectivity index (χ0v) is 15.8. The minimum atomic E-state index is -3.80. The lowest BCUT2D eigenvalue weighted by Gasteiger charge is -2.20. The molecule has 0 amide bonds. The highest BCUT2D eigenvalue weighted by Gasteiger charge is 2.28. The van der Waals surface area contributed by atoms with Gasteiger partial charge in [-0.05, 0) is 42.3 Å². The Balaban J connectivity index is 1.74. The maximum absolute atomic E-state index is 14.0. The Morgan fingerprint density at radius 2 is 1.67 bits per heavy atom. The van der Waals surface area contributed by atoms with E-state index in [9.17, 15) is 26.0 Å². The summed E-state index contributed by atoms with van der Waals surface area (Å²) in [7, 11) is -3.80. The van der Waals surface area contributed by atoms with Crippen molar-refractivity contribution in [1.29, 1.82) is 0 Å². The summed E-state index contributed by atoms with van der Waals surface area (Å²) in [6, 6.07) is 5.87. The zero-order chi connectivity index (χ0) is 19.6. The van der Waals surface area contributed by atoms with Gasteiger partial charge in [0.2, 0.25) is 10.0 Å². The van der Waals surface area contributed by atoms with E-state index in [1.54, 1.807) is 0 Å². The second-order valence-electron chi connectivity index (χ2n) is 6.25. The van der Waals surface area contributed by atoms with Gasteiger partial charge in [-0.2, -0.15) is 11.8 Å². The Labute approximate surface area is 159 Å². The van der Waals surface area contributed by atoms with Crippen LogP contribution in [0.25, 0.3) is 0 Å². The monoisotopic (exact) mass is 419 g/mol. The number of halogens is 4. The van der Waals surface area contributed by atoms with Crippen molar-refractivity contribution in [3.63, 3.8) is 0 Å². The third-order valence-electron chi connectivity index (χ3n) is 4.27. The third-order valence-corrected chi connectivity index (χ3v) is 7.43. The molecule has 9 heteroatoms. The molecule has 3 nitrogen and oxygen atoms in total. The van der Waals surface area contributed by atoms with Crippen molar-refractivity contribution in [2.75, 3.05) is 18.8 Å². The molecule has 146 valence electrons. The van der Waals surface area contributed by atoms with Gasteiger partial charge < -0.3 is 0 Å². The number of benzene rings is 2. The Morgan fingerprint density at radius 1 is 0.963 bits per heavy atom. The van der Waals surface area contributed by atoms with Crippen molar-refractivity contribution in [2.24, 2.45) is 0 Å². The molecular weight excluding hydrogens is 402 g/mol. The number of nitrogens with zero attached hydrogens (tertiary/aromatic N) is 1. The first-order valence-corrected chi connectivity index (χ1v) is 10.9. The van der Waals surface area contributed by atoms with Crippen LogP contribution in [-0.4, -0.2) is 31.6 Å². The smallest absolute Gasteiger partial charge is 0.212 e. The van der Waals surface area contributed by atoms with Crippen molar-refractivity contribution in [2.45, 2.75) is 17.4 Å². The highest BCUT2D eigenvalue weighted by atomic mass is 32.2. The van der Waals surface area contributed by atoms with Gasteiger partial charge in [0, 0.05) is 35.7 Å². The number of thioether (sulfide) groups is 1. The second kappa shape index (κ2) is 8.20. The van der Waals surface area contributed by atoms with Gasteiger partial charge in [-0.25, -0.2) is 30.3 Å². The Kier molecular flexibility index (Phi) is 6.12. The first-order valence-electron chi connectivity index (χ1n) is 8.24. The topological polar surface area (TPSA) is 37.4 Å². The van der Waals surface area contributed by atoms with E-state index in [-0.39, 0.29) is 29.5 Å². The Bertz CT molecular complexity index is 917. The molecule has 1 unspecified atom stereocenters. The van der Waals surface area contributed by atoms with Crippen LogP contribution in [0.3, 0.4) is 0 Å². The maximum Gasteiger partial charge on any atom is 0.218 e. The standard InChI is InChI=1S/C18H17F4NO2S2/c19-13-1-2-17(22)16(10-13)18-3-4-23(5-6-26-18)27(24,25)11-12-7-14(20)9-15(21)8-12/h1-2,7-10,18H,3-6,11H2. The minimum Gasteiger partial charge on any atom is -0.212 e. The van der Waals surface area contributed by atoms with Gasteiger partial charge in [-0.1, -0.05) is 0 Å². The van der Waals surface area contributed by atoms with E-state index in [1.807, 2.05) is 0 Å². The van der Waals surface area contributed by atoms with Gasteiger partial charge in [-0.3, -0.25) is 0 Å². The molecule has 0 radical (unpaired) electrons. The van der Waals surface area contributed by atoms with E-state index >= 15 is 0 Å². The fourth-order valence-electron chi connectivity index (χ4n) is 3.03. The van der Waals surface area contributed by atoms with Crippen molar-refractivity contribution >= 4 is 21.8 Å². The summed E-state index contributed by atoms with van der Waals surface area (Å²) < 4.78 is 80.5.